The lowest BCUT2D eigenvalue weighted by atomic mass is 10.2. The Kier molecular flexibility index (Phi) is 6.41. The van der Waals surface area contributed by atoms with E-state index in [4.69, 9.17) is 4.74 Å². The van der Waals surface area contributed by atoms with Crippen LogP contribution in [0.2, 0.25) is 0 Å². The van der Waals surface area contributed by atoms with Gasteiger partial charge in [-0.1, -0.05) is 0 Å². The Labute approximate surface area is 138 Å². The second-order valence-corrected chi connectivity index (χ2v) is 6.47. The number of morpholine rings is 1. The van der Waals surface area contributed by atoms with Crippen LogP contribution in [0.4, 0.5) is 4.79 Å². The minimum atomic E-state index is -0.116. The molecule has 1 saturated heterocycles. The molecule has 1 aliphatic rings. The highest BCUT2D eigenvalue weighted by Gasteiger charge is 2.25. The summed E-state index contributed by atoms with van der Waals surface area (Å²) < 4.78 is 7.51. The third-order valence-corrected chi connectivity index (χ3v) is 4.09. The summed E-state index contributed by atoms with van der Waals surface area (Å²) in [5.74, 6) is 0. The third kappa shape index (κ3) is 5.84. The molecule has 2 heterocycles. The molecule has 2 amide bonds. The van der Waals surface area contributed by atoms with E-state index < -0.39 is 0 Å². The first-order valence-electron chi connectivity index (χ1n) is 8.32. The van der Waals surface area contributed by atoms with Gasteiger partial charge >= 0.3 is 6.03 Å². The maximum absolute atomic E-state index is 11.9. The summed E-state index contributed by atoms with van der Waals surface area (Å²) in [5, 5.41) is 9.94. The quantitative estimate of drug-likeness (QED) is 0.811. The predicted octanol–water partition coefficient (Wildman–Crippen LogP) is 0.760. The van der Waals surface area contributed by atoms with Crippen LogP contribution in [0.3, 0.4) is 0 Å². The van der Waals surface area contributed by atoms with Crippen molar-refractivity contribution in [3.63, 3.8) is 0 Å². The van der Waals surface area contributed by atoms with E-state index in [2.05, 4.69) is 41.4 Å². The lowest BCUT2D eigenvalue weighted by Crippen LogP contribution is -2.53. The number of aromatic nitrogens is 2. The van der Waals surface area contributed by atoms with E-state index in [-0.39, 0.29) is 18.2 Å². The molecule has 0 saturated carbocycles. The molecule has 0 radical (unpaired) electrons. The van der Waals surface area contributed by atoms with E-state index >= 15 is 0 Å². The number of rotatable bonds is 6. The van der Waals surface area contributed by atoms with E-state index in [1.807, 2.05) is 19.4 Å². The summed E-state index contributed by atoms with van der Waals surface area (Å²) in [6.45, 7) is 9.39. The number of nitrogens with one attached hydrogen (secondary N) is 2. The zero-order valence-electron chi connectivity index (χ0n) is 14.6. The molecule has 130 valence electrons. The fraction of sp³-hybridized carbons (Fsp3) is 0.750. The summed E-state index contributed by atoms with van der Waals surface area (Å²) in [5.41, 5.74) is 1.12. The average Bonchev–Trinajstić information content (AvgIpc) is 2.89. The van der Waals surface area contributed by atoms with E-state index in [1.165, 1.54) is 0 Å². The zero-order valence-corrected chi connectivity index (χ0v) is 14.6. The molecule has 1 fully saturated rings. The van der Waals surface area contributed by atoms with Crippen molar-refractivity contribution in [3.8, 4) is 0 Å². The number of carbonyl (C=O) groups excluding carboxylic acids is 1. The molecular weight excluding hydrogens is 294 g/mol. The van der Waals surface area contributed by atoms with Crippen LogP contribution in [0.25, 0.3) is 0 Å². The molecule has 23 heavy (non-hydrogen) atoms. The predicted molar refractivity (Wildman–Crippen MR) is 89.4 cm³/mol. The lowest BCUT2D eigenvalue weighted by Gasteiger charge is -2.38. The summed E-state index contributed by atoms with van der Waals surface area (Å²) in [4.78, 5) is 14.2. The summed E-state index contributed by atoms with van der Waals surface area (Å²) in [6.07, 6.45) is 5.06. The minimum absolute atomic E-state index is 0.116. The van der Waals surface area contributed by atoms with Gasteiger partial charge in [0.1, 0.15) is 0 Å². The largest absolute Gasteiger partial charge is 0.373 e. The van der Waals surface area contributed by atoms with E-state index in [0.29, 0.717) is 19.1 Å². The monoisotopic (exact) mass is 323 g/mol. The molecule has 2 N–H and O–H groups in total. The number of hydrogen-bond donors (Lipinski definition) is 2. The Hall–Kier alpha value is -1.60. The maximum Gasteiger partial charge on any atom is 0.314 e. The number of carbonyl (C=O) groups is 1. The first kappa shape index (κ1) is 17.7. The summed E-state index contributed by atoms with van der Waals surface area (Å²) >= 11 is 0. The first-order chi connectivity index (χ1) is 10.9. The van der Waals surface area contributed by atoms with E-state index in [0.717, 1.165) is 25.1 Å². The molecule has 1 aromatic rings. The Morgan fingerprint density at radius 3 is 2.70 bits per heavy atom. The van der Waals surface area contributed by atoms with Crippen molar-refractivity contribution in [1.82, 2.24) is 25.3 Å². The van der Waals surface area contributed by atoms with Gasteiger partial charge in [-0.25, -0.2) is 4.79 Å². The highest BCUT2D eigenvalue weighted by Crippen LogP contribution is 2.13. The highest BCUT2D eigenvalue weighted by molar-refractivity contribution is 5.73. The maximum atomic E-state index is 11.9. The topological polar surface area (TPSA) is 71.4 Å². The van der Waals surface area contributed by atoms with E-state index in [9.17, 15) is 4.79 Å². The van der Waals surface area contributed by atoms with Gasteiger partial charge in [-0.3, -0.25) is 9.58 Å². The van der Waals surface area contributed by atoms with Crippen LogP contribution in [0, 0.1) is 0 Å². The van der Waals surface area contributed by atoms with Crippen molar-refractivity contribution in [1.29, 1.82) is 0 Å². The number of aryl methyl sites for hydroxylation is 1. The number of nitrogens with zero attached hydrogens (tertiary/aromatic N) is 3. The Balaban J connectivity index is 1.63. The second kappa shape index (κ2) is 8.31. The summed E-state index contributed by atoms with van der Waals surface area (Å²) in [6, 6.07) is 0.183. The zero-order chi connectivity index (χ0) is 16.8. The molecule has 0 aliphatic carbocycles. The number of ether oxygens (including phenoxy) is 1. The van der Waals surface area contributed by atoms with E-state index in [1.54, 1.807) is 4.68 Å². The minimum Gasteiger partial charge on any atom is -0.373 e. The smallest absolute Gasteiger partial charge is 0.314 e. The van der Waals surface area contributed by atoms with Crippen LogP contribution < -0.4 is 10.6 Å². The summed E-state index contributed by atoms with van der Waals surface area (Å²) in [7, 11) is 1.89. The van der Waals surface area contributed by atoms with Crippen molar-refractivity contribution in [2.24, 2.45) is 7.05 Å². The van der Waals surface area contributed by atoms with Crippen molar-refractivity contribution in [2.75, 3.05) is 26.2 Å². The molecule has 0 aromatic carbocycles. The van der Waals surface area contributed by atoms with Gasteiger partial charge in [0.15, 0.2) is 0 Å². The fourth-order valence-corrected chi connectivity index (χ4v) is 2.93. The molecule has 1 aromatic heterocycles. The molecule has 1 aliphatic heterocycles. The molecule has 7 heteroatoms. The number of amides is 2. The second-order valence-electron chi connectivity index (χ2n) is 6.47. The molecule has 0 spiro atoms. The van der Waals surface area contributed by atoms with Gasteiger partial charge in [-0.15, -0.1) is 0 Å². The Morgan fingerprint density at radius 1 is 1.39 bits per heavy atom. The van der Waals surface area contributed by atoms with Crippen molar-refractivity contribution in [2.45, 2.75) is 45.4 Å². The molecule has 0 unspecified atom stereocenters. The normalized spacial score (nSPS) is 23.5. The van der Waals surface area contributed by atoms with Gasteiger partial charge < -0.3 is 15.4 Å². The first-order valence-corrected chi connectivity index (χ1v) is 8.32. The van der Waals surface area contributed by atoms with Crippen molar-refractivity contribution < 1.29 is 9.53 Å². The molecule has 7 nitrogen and oxygen atoms in total. The van der Waals surface area contributed by atoms with Gasteiger partial charge in [0.25, 0.3) is 0 Å². The van der Waals surface area contributed by atoms with Gasteiger partial charge in [0.05, 0.1) is 18.4 Å². The molecule has 2 rings (SSSR count). The highest BCUT2D eigenvalue weighted by atomic mass is 16.5. The van der Waals surface area contributed by atoms with Crippen LogP contribution in [-0.4, -0.2) is 65.1 Å². The lowest BCUT2D eigenvalue weighted by molar-refractivity contribution is -0.0778. The van der Waals surface area contributed by atoms with Crippen LogP contribution in [0.15, 0.2) is 12.4 Å². The van der Waals surface area contributed by atoms with Crippen LogP contribution in [-0.2, 0) is 18.2 Å². The van der Waals surface area contributed by atoms with Crippen molar-refractivity contribution in [3.05, 3.63) is 18.0 Å². The SMILES string of the molecule is C[C@@H]1CN([C@@H](C)CNC(=O)NCCc2cnn(C)c2)C[C@@H](C)O1. The average molecular weight is 323 g/mol. The molecular formula is C16H29N5O2. The Morgan fingerprint density at radius 2 is 2.09 bits per heavy atom. The standard InChI is InChI=1S/C16H29N5O2/c1-12(21-9-13(2)23-14(3)10-21)7-18-16(22)17-6-5-15-8-19-20(4)11-15/h8,11-14H,5-7,9-10H2,1-4H3,(H2,17,18,22)/t12-,13+,14+/m0/s1. The Bertz CT molecular complexity index is 494. The van der Waals surface area contributed by atoms with Crippen LogP contribution in [0.5, 0.6) is 0 Å². The number of urea groups is 1. The van der Waals surface area contributed by atoms with Gasteiger partial charge in [-0.2, -0.15) is 5.10 Å². The van der Waals surface area contributed by atoms with Crippen molar-refractivity contribution >= 4 is 6.03 Å². The number of hydrogen-bond acceptors (Lipinski definition) is 4. The third-order valence-electron chi connectivity index (χ3n) is 4.09. The fourth-order valence-electron chi connectivity index (χ4n) is 2.93. The van der Waals surface area contributed by atoms with Crippen LogP contribution >= 0.6 is 0 Å². The van der Waals surface area contributed by atoms with Crippen LogP contribution in [0.1, 0.15) is 26.3 Å². The van der Waals surface area contributed by atoms with Gasteiger partial charge in [-0.05, 0) is 32.8 Å². The van der Waals surface area contributed by atoms with Gasteiger partial charge in [0.2, 0.25) is 0 Å². The molecule has 3 atom stereocenters. The molecule has 0 bridgehead atoms. The van der Waals surface area contributed by atoms with Gasteiger partial charge in [0, 0.05) is 45.5 Å².